The smallest absolute Gasteiger partial charge is 0.339 e. The molecule has 2 aromatic heterocycles. The minimum absolute atomic E-state index is 0.219. The third-order valence-corrected chi connectivity index (χ3v) is 2.95. The van der Waals surface area contributed by atoms with E-state index in [0.717, 1.165) is 11.1 Å². The Balaban J connectivity index is 1.95. The zero-order valence-corrected chi connectivity index (χ0v) is 10.9. The van der Waals surface area contributed by atoms with E-state index in [0.29, 0.717) is 24.6 Å². The molecule has 0 aliphatic carbocycles. The topological polar surface area (TPSA) is 75.4 Å². The maximum absolute atomic E-state index is 10.9. The fraction of sp³-hybridized carbons (Fsp3) is 0.286. The van der Waals surface area contributed by atoms with E-state index >= 15 is 0 Å². The maximum Gasteiger partial charge on any atom is 0.339 e. The van der Waals surface area contributed by atoms with Crippen molar-refractivity contribution in [2.45, 2.75) is 26.9 Å². The lowest BCUT2D eigenvalue weighted by atomic mass is 10.1. The Hall–Kier alpha value is -2.14. The number of nitrogens with one attached hydrogen (secondary N) is 1. The summed E-state index contributed by atoms with van der Waals surface area (Å²) >= 11 is 0. The number of nitrogens with zero attached hydrogens (tertiary/aromatic N) is 1. The van der Waals surface area contributed by atoms with Gasteiger partial charge in [-0.1, -0.05) is 0 Å². The molecular weight excluding hydrogens is 244 g/mol. The van der Waals surface area contributed by atoms with Gasteiger partial charge in [0.25, 0.3) is 0 Å². The molecule has 0 amide bonds. The molecule has 0 bridgehead atoms. The first-order valence-corrected chi connectivity index (χ1v) is 6.00. The van der Waals surface area contributed by atoms with Crippen molar-refractivity contribution in [2.24, 2.45) is 0 Å². The lowest BCUT2D eigenvalue weighted by molar-refractivity contribution is 0.0695. The highest BCUT2D eigenvalue weighted by Gasteiger charge is 2.13. The molecule has 0 saturated carbocycles. The first kappa shape index (κ1) is 13.3. The fourth-order valence-corrected chi connectivity index (χ4v) is 1.86. The van der Waals surface area contributed by atoms with Crippen molar-refractivity contribution in [2.75, 3.05) is 0 Å². The molecular formula is C14H16N2O3. The van der Waals surface area contributed by atoms with Crippen LogP contribution in [0.2, 0.25) is 0 Å². The predicted molar refractivity (Wildman–Crippen MR) is 69.9 cm³/mol. The van der Waals surface area contributed by atoms with Crippen molar-refractivity contribution < 1.29 is 14.3 Å². The molecule has 19 heavy (non-hydrogen) atoms. The van der Waals surface area contributed by atoms with E-state index in [-0.39, 0.29) is 5.56 Å². The quantitative estimate of drug-likeness (QED) is 0.862. The van der Waals surface area contributed by atoms with E-state index in [9.17, 15) is 4.79 Å². The summed E-state index contributed by atoms with van der Waals surface area (Å²) in [6.07, 6.45) is 3.57. The predicted octanol–water partition coefficient (Wildman–Crippen LogP) is 2.28. The molecule has 2 rings (SSSR count). The maximum atomic E-state index is 10.9. The third kappa shape index (κ3) is 3.20. The number of furan rings is 1. The van der Waals surface area contributed by atoms with Gasteiger partial charge in [-0.25, -0.2) is 4.79 Å². The molecule has 0 aliphatic rings. The van der Waals surface area contributed by atoms with E-state index in [1.807, 2.05) is 19.2 Å². The molecule has 0 radical (unpaired) electrons. The third-order valence-electron chi connectivity index (χ3n) is 2.95. The van der Waals surface area contributed by atoms with Crippen molar-refractivity contribution >= 4 is 5.97 Å². The Bertz CT molecular complexity index is 590. The van der Waals surface area contributed by atoms with Gasteiger partial charge in [-0.05, 0) is 37.1 Å². The second-order valence-electron chi connectivity index (χ2n) is 4.39. The molecule has 0 aromatic carbocycles. The summed E-state index contributed by atoms with van der Waals surface area (Å²) in [5, 5.41) is 12.2. The Morgan fingerprint density at radius 3 is 2.84 bits per heavy atom. The normalized spacial score (nSPS) is 10.6. The van der Waals surface area contributed by atoms with Gasteiger partial charge in [-0.15, -0.1) is 0 Å². The lowest BCUT2D eigenvalue weighted by Gasteiger charge is -2.05. The van der Waals surface area contributed by atoms with Crippen LogP contribution in [-0.2, 0) is 13.1 Å². The van der Waals surface area contributed by atoms with Crippen LogP contribution < -0.4 is 5.32 Å². The largest absolute Gasteiger partial charge is 0.478 e. The highest BCUT2D eigenvalue weighted by molar-refractivity contribution is 5.88. The van der Waals surface area contributed by atoms with Gasteiger partial charge in [0.1, 0.15) is 17.1 Å². The highest BCUT2D eigenvalue weighted by Crippen LogP contribution is 2.14. The number of carboxylic acid groups (broad SMARTS) is 1. The van der Waals surface area contributed by atoms with Crippen molar-refractivity contribution in [3.63, 3.8) is 0 Å². The van der Waals surface area contributed by atoms with Gasteiger partial charge in [0.15, 0.2) is 0 Å². The summed E-state index contributed by atoms with van der Waals surface area (Å²) in [4.78, 5) is 14.9. The summed E-state index contributed by atoms with van der Waals surface area (Å²) in [7, 11) is 0. The number of aryl methyl sites for hydroxylation is 2. The van der Waals surface area contributed by atoms with Crippen LogP contribution in [0.4, 0.5) is 0 Å². The van der Waals surface area contributed by atoms with Gasteiger partial charge < -0.3 is 14.8 Å². The van der Waals surface area contributed by atoms with Crippen molar-refractivity contribution in [3.05, 3.63) is 52.7 Å². The number of aromatic carboxylic acids is 1. The summed E-state index contributed by atoms with van der Waals surface area (Å²) < 4.78 is 5.39. The highest BCUT2D eigenvalue weighted by atomic mass is 16.4. The molecule has 5 heteroatoms. The molecule has 2 aromatic rings. The van der Waals surface area contributed by atoms with Gasteiger partial charge in [-0.2, -0.15) is 0 Å². The zero-order valence-electron chi connectivity index (χ0n) is 10.9. The van der Waals surface area contributed by atoms with Crippen LogP contribution in [0.1, 0.15) is 33.0 Å². The molecule has 0 fully saturated rings. The van der Waals surface area contributed by atoms with E-state index in [4.69, 9.17) is 9.52 Å². The number of hydrogen-bond acceptors (Lipinski definition) is 4. The summed E-state index contributed by atoms with van der Waals surface area (Å²) in [6.45, 7) is 4.84. The van der Waals surface area contributed by atoms with E-state index in [2.05, 4.69) is 10.3 Å². The fourth-order valence-electron chi connectivity index (χ4n) is 1.86. The number of hydrogen-bond donors (Lipinski definition) is 2. The minimum Gasteiger partial charge on any atom is -0.478 e. The number of aromatic nitrogens is 1. The van der Waals surface area contributed by atoms with Crippen molar-refractivity contribution in [1.29, 1.82) is 0 Å². The minimum atomic E-state index is -0.961. The van der Waals surface area contributed by atoms with Crippen LogP contribution in [0.15, 0.2) is 28.9 Å². The number of pyridine rings is 1. The van der Waals surface area contributed by atoms with E-state index in [1.54, 1.807) is 19.2 Å². The Morgan fingerprint density at radius 1 is 1.42 bits per heavy atom. The first-order valence-electron chi connectivity index (χ1n) is 6.00. The van der Waals surface area contributed by atoms with E-state index < -0.39 is 5.97 Å². The average molecular weight is 260 g/mol. The van der Waals surface area contributed by atoms with Crippen LogP contribution >= 0.6 is 0 Å². The molecule has 2 N–H and O–H groups in total. The zero-order chi connectivity index (χ0) is 13.8. The molecule has 0 unspecified atom stereocenters. The molecule has 5 nitrogen and oxygen atoms in total. The van der Waals surface area contributed by atoms with Crippen LogP contribution in [-0.4, -0.2) is 16.1 Å². The Morgan fingerprint density at radius 2 is 2.21 bits per heavy atom. The summed E-state index contributed by atoms with van der Waals surface area (Å²) in [5.74, 6) is 0.100. The SMILES string of the molecule is Cc1cnccc1CNCc1cc(C(=O)O)c(C)o1. The average Bonchev–Trinajstić information content (AvgIpc) is 2.73. The van der Waals surface area contributed by atoms with Gasteiger partial charge in [0.2, 0.25) is 0 Å². The monoisotopic (exact) mass is 260 g/mol. The Labute approximate surface area is 111 Å². The Kier molecular flexibility index (Phi) is 3.97. The first-order chi connectivity index (χ1) is 9.08. The second kappa shape index (κ2) is 5.67. The van der Waals surface area contributed by atoms with Gasteiger partial charge in [-0.3, -0.25) is 4.98 Å². The summed E-state index contributed by atoms with van der Waals surface area (Å²) in [5.41, 5.74) is 2.51. The van der Waals surface area contributed by atoms with Gasteiger partial charge in [0.05, 0.1) is 6.54 Å². The standard InChI is InChI=1S/C14H16N2O3/c1-9-6-15-4-3-11(9)7-16-8-12-5-13(14(17)18)10(2)19-12/h3-6,16H,7-8H2,1-2H3,(H,17,18). The molecule has 2 heterocycles. The van der Waals surface area contributed by atoms with Crippen LogP contribution in [0.3, 0.4) is 0 Å². The molecule has 0 spiro atoms. The van der Waals surface area contributed by atoms with Crippen LogP contribution in [0, 0.1) is 13.8 Å². The van der Waals surface area contributed by atoms with E-state index in [1.165, 1.54) is 0 Å². The molecule has 100 valence electrons. The van der Waals surface area contributed by atoms with Crippen LogP contribution in [0.5, 0.6) is 0 Å². The number of carbonyl (C=O) groups is 1. The summed E-state index contributed by atoms with van der Waals surface area (Å²) in [6, 6.07) is 3.52. The molecule has 0 aliphatic heterocycles. The van der Waals surface area contributed by atoms with Crippen molar-refractivity contribution in [3.8, 4) is 0 Å². The molecule has 0 saturated heterocycles. The second-order valence-corrected chi connectivity index (χ2v) is 4.39. The van der Waals surface area contributed by atoms with Gasteiger partial charge >= 0.3 is 5.97 Å². The lowest BCUT2D eigenvalue weighted by Crippen LogP contribution is -2.13. The van der Waals surface area contributed by atoms with Gasteiger partial charge in [0, 0.05) is 18.9 Å². The van der Waals surface area contributed by atoms with Crippen LogP contribution in [0.25, 0.3) is 0 Å². The van der Waals surface area contributed by atoms with Crippen molar-refractivity contribution in [1.82, 2.24) is 10.3 Å². The number of rotatable bonds is 5. The number of carboxylic acids is 1. The molecule has 0 atom stereocenters.